The van der Waals surface area contributed by atoms with Gasteiger partial charge in [0.1, 0.15) is 0 Å². The summed E-state index contributed by atoms with van der Waals surface area (Å²) >= 11 is 0. The van der Waals surface area contributed by atoms with Crippen LogP contribution in [0.15, 0.2) is 0 Å². The van der Waals surface area contributed by atoms with E-state index in [2.05, 4.69) is 20.8 Å². The molecule has 0 aromatic rings. The first-order valence-corrected chi connectivity index (χ1v) is 6.48. The predicted molar refractivity (Wildman–Crippen MR) is 68.8 cm³/mol. The molecule has 1 fully saturated rings. The van der Waals surface area contributed by atoms with Gasteiger partial charge in [-0.25, -0.2) is 4.79 Å². The van der Waals surface area contributed by atoms with Crippen molar-refractivity contribution in [3.05, 3.63) is 0 Å². The van der Waals surface area contributed by atoms with Gasteiger partial charge in [-0.3, -0.25) is 4.79 Å². The number of carbonyl (C=O) groups is 2. The largest absolute Gasteiger partial charge is 0.464 e. The van der Waals surface area contributed by atoms with Gasteiger partial charge in [-0.15, -0.1) is 0 Å². The summed E-state index contributed by atoms with van der Waals surface area (Å²) in [6.45, 7) is 9.78. The van der Waals surface area contributed by atoms with Crippen LogP contribution in [0, 0.1) is 11.3 Å². The molecular formula is C13H24N2O3. The molecule has 1 aliphatic rings. The van der Waals surface area contributed by atoms with Crippen molar-refractivity contribution >= 4 is 11.9 Å². The molecule has 2 unspecified atom stereocenters. The Kier molecular flexibility index (Phi) is 4.73. The van der Waals surface area contributed by atoms with Crippen LogP contribution in [0.2, 0.25) is 0 Å². The maximum atomic E-state index is 12.0. The topological polar surface area (TPSA) is 72.6 Å². The normalized spacial score (nSPS) is 21.8. The molecule has 1 saturated heterocycles. The maximum Gasteiger partial charge on any atom is 0.332 e. The molecule has 104 valence electrons. The number of nitrogens with two attached hydrogens (primary N) is 1. The molecule has 18 heavy (non-hydrogen) atoms. The van der Waals surface area contributed by atoms with Crippen molar-refractivity contribution < 1.29 is 14.3 Å². The van der Waals surface area contributed by atoms with E-state index in [1.54, 1.807) is 11.8 Å². The number of carbonyl (C=O) groups excluding carboxylic acids is 2. The van der Waals surface area contributed by atoms with Gasteiger partial charge in [-0.05, 0) is 24.7 Å². The molecule has 0 aromatic heterocycles. The first kappa shape index (κ1) is 15.0. The Morgan fingerprint density at radius 3 is 2.50 bits per heavy atom. The summed E-state index contributed by atoms with van der Waals surface area (Å²) in [5.74, 6) is -0.502. The summed E-state index contributed by atoms with van der Waals surface area (Å²) in [6, 6.07) is -1.18. The molecular weight excluding hydrogens is 232 g/mol. The van der Waals surface area contributed by atoms with E-state index in [1.165, 1.54) is 0 Å². The van der Waals surface area contributed by atoms with Crippen LogP contribution in [0.4, 0.5) is 0 Å². The summed E-state index contributed by atoms with van der Waals surface area (Å²) in [5.41, 5.74) is 5.79. The zero-order valence-electron chi connectivity index (χ0n) is 11.7. The molecule has 5 nitrogen and oxygen atoms in total. The zero-order chi connectivity index (χ0) is 13.9. The van der Waals surface area contributed by atoms with Gasteiger partial charge in [-0.1, -0.05) is 20.8 Å². The number of rotatable bonds is 3. The Labute approximate surface area is 109 Å². The predicted octanol–water partition coefficient (Wildman–Crippen LogP) is 0.771. The van der Waals surface area contributed by atoms with E-state index in [0.29, 0.717) is 19.0 Å². The lowest BCUT2D eigenvalue weighted by Crippen LogP contribution is -2.48. The monoisotopic (exact) mass is 256 g/mol. The van der Waals surface area contributed by atoms with Crippen LogP contribution in [0.3, 0.4) is 0 Å². The van der Waals surface area contributed by atoms with E-state index in [9.17, 15) is 9.59 Å². The van der Waals surface area contributed by atoms with Crippen LogP contribution < -0.4 is 5.73 Å². The second-order valence-corrected chi connectivity index (χ2v) is 5.87. The highest BCUT2D eigenvalue weighted by Crippen LogP contribution is 2.33. The Bertz CT molecular complexity index is 323. The highest BCUT2D eigenvalue weighted by Gasteiger charge is 2.37. The van der Waals surface area contributed by atoms with E-state index < -0.39 is 12.0 Å². The van der Waals surface area contributed by atoms with E-state index in [1.807, 2.05) is 0 Å². The summed E-state index contributed by atoms with van der Waals surface area (Å²) in [6.07, 6.45) is 0.963. The lowest BCUT2D eigenvalue weighted by molar-refractivity contribution is -0.150. The quantitative estimate of drug-likeness (QED) is 0.598. The fourth-order valence-electron chi connectivity index (χ4n) is 2.20. The van der Waals surface area contributed by atoms with E-state index in [-0.39, 0.29) is 17.9 Å². The first-order chi connectivity index (χ1) is 8.27. The van der Waals surface area contributed by atoms with Gasteiger partial charge in [0, 0.05) is 13.1 Å². The van der Waals surface area contributed by atoms with Gasteiger partial charge in [0.05, 0.1) is 6.61 Å². The highest BCUT2D eigenvalue weighted by atomic mass is 16.5. The average Bonchev–Trinajstić information content (AvgIpc) is 2.76. The van der Waals surface area contributed by atoms with Crippen molar-refractivity contribution in [3.8, 4) is 0 Å². The minimum Gasteiger partial charge on any atom is -0.464 e. The van der Waals surface area contributed by atoms with Crippen molar-refractivity contribution in [2.45, 2.75) is 40.2 Å². The summed E-state index contributed by atoms with van der Waals surface area (Å²) in [4.78, 5) is 25.1. The summed E-state index contributed by atoms with van der Waals surface area (Å²) < 4.78 is 4.77. The Morgan fingerprint density at radius 1 is 1.44 bits per heavy atom. The van der Waals surface area contributed by atoms with Gasteiger partial charge in [0.25, 0.3) is 5.91 Å². The third kappa shape index (κ3) is 3.45. The van der Waals surface area contributed by atoms with Crippen LogP contribution >= 0.6 is 0 Å². The fourth-order valence-corrected chi connectivity index (χ4v) is 2.20. The number of ether oxygens (including phenoxy) is 1. The van der Waals surface area contributed by atoms with Gasteiger partial charge in [0.2, 0.25) is 0 Å². The van der Waals surface area contributed by atoms with E-state index in [0.717, 1.165) is 6.42 Å². The molecule has 2 atom stereocenters. The molecule has 1 heterocycles. The zero-order valence-corrected chi connectivity index (χ0v) is 11.7. The van der Waals surface area contributed by atoms with Gasteiger partial charge >= 0.3 is 5.97 Å². The van der Waals surface area contributed by atoms with Crippen LogP contribution in [-0.2, 0) is 14.3 Å². The van der Waals surface area contributed by atoms with Crippen LogP contribution in [0.25, 0.3) is 0 Å². The molecule has 0 aliphatic carbocycles. The molecule has 0 saturated carbocycles. The van der Waals surface area contributed by atoms with Crippen molar-refractivity contribution in [1.82, 2.24) is 4.90 Å². The number of nitrogens with zero attached hydrogens (tertiary/aromatic N) is 1. The lowest BCUT2D eigenvalue weighted by Gasteiger charge is -2.27. The van der Waals surface area contributed by atoms with Crippen molar-refractivity contribution in [3.63, 3.8) is 0 Å². The number of esters is 1. The second-order valence-electron chi connectivity index (χ2n) is 5.87. The Hall–Kier alpha value is -1.10. The summed E-state index contributed by atoms with van der Waals surface area (Å²) in [7, 11) is 0. The standard InChI is InChI=1S/C13H24N2O3/c1-5-18-12(17)10(14)11(16)15-7-6-9(8-15)13(2,3)4/h9-10H,5-8,14H2,1-4H3. The Balaban J connectivity index is 2.57. The molecule has 1 amide bonds. The summed E-state index contributed by atoms with van der Waals surface area (Å²) in [5, 5.41) is 0. The first-order valence-electron chi connectivity index (χ1n) is 6.48. The van der Waals surface area contributed by atoms with E-state index in [4.69, 9.17) is 10.5 Å². The lowest BCUT2D eigenvalue weighted by atomic mass is 9.80. The van der Waals surface area contributed by atoms with Crippen molar-refractivity contribution in [1.29, 1.82) is 0 Å². The number of amides is 1. The van der Waals surface area contributed by atoms with Crippen LogP contribution in [0.1, 0.15) is 34.1 Å². The van der Waals surface area contributed by atoms with Crippen molar-refractivity contribution in [2.24, 2.45) is 17.1 Å². The molecule has 0 radical (unpaired) electrons. The van der Waals surface area contributed by atoms with Crippen LogP contribution in [0.5, 0.6) is 0 Å². The Morgan fingerprint density at radius 2 is 2.06 bits per heavy atom. The second kappa shape index (κ2) is 5.69. The molecule has 0 aromatic carbocycles. The molecule has 0 spiro atoms. The SMILES string of the molecule is CCOC(=O)C(N)C(=O)N1CCC(C(C)(C)C)C1. The smallest absolute Gasteiger partial charge is 0.332 e. The number of hydrogen-bond acceptors (Lipinski definition) is 4. The van der Waals surface area contributed by atoms with Crippen molar-refractivity contribution in [2.75, 3.05) is 19.7 Å². The molecule has 0 bridgehead atoms. The third-order valence-corrected chi connectivity index (χ3v) is 3.53. The molecule has 1 aliphatic heterocycles. The number of hydrogen-bond donors (Lipinski definition) is 1. The van der Waals surface area contributed by atoms with Gasteiger partial charge in [-0.2, -0.15) is 0 Å². The maximum absolute atomic E-state index is 12.0. The average molecular weight is 256 g/mol. The third-order valence-electron chi connectivity index (χ3n) is 3.53. The molecule has 1 rings (SSSR count). The molecule has 2 N–H and O–H groups in total. The number of likely N-dealkylation sites (tertiary alicyclic amines) is 1. The highest BCUT2D eigenvalue weighted by molar-refractivity contribution is 6.01. The molecule has 5 heteroatoms. The minimum absolute atomic E-state index is 0.170. The fraction of sp³-hybridized carbons (Fsp3) is 0.846. The van der Waals surface area contributed by atoms with Gasteiger partial charge < -0.3 is 15.4 Å². The van der Waals surface area contributed by atoms with E-state index >= 15 is 0 Å². The minimum atomic E-state index is -1.18. The van der Waals surface area contributed by atoms with Crippen LogP contribution in [-0.4, -0.2) is 42.5 Å². The van der Waals surface area contributed by atoms with Gasteiger partial charge in [0.15, 0.2) is 6.04 Å².